The van der Waals surface area contributed by atoms with Crippen molar-refractivity contribution in [2.45, 2.75) is 45.3 Å². The minimum absolute atomic E-state index is 0.186. The summed E-state index contributed by atoms with van der Waals surface area (Å²) in [5.41, 5.74) is 3.85. The third kappa shape index (κ3) is 3.78. The van der Waals surface area contributed by atoms with E-state index in [-0.39, 0.29) is 6.10 Å². The first-order valence-electron chi connectivity index (χ1n) is 7.81. The van der Waals surface area contributed by atoms with Gasteiger partial charge in [0.05, 0.1) is 11.8 Å². The fraction of sp³-hybridized carbons (Fsp3) is 0.368. The predicted octanol–water partition coefficient (Wildman–Crippen LogP) is 4.96. The molecule has 21 heavy (non-hydrogen) atoms. The van der Waals surface area contributed by atoms with E-state index < -0.39 is 0 Å². The molecule has 0 bridgehead atoms. The molecule has 0 amide bonds. The predicted molar refractivity (Wildman–Crippen MR) is 87.9 cm³/mol. The number of nitrogens with one attached hydrogen (secondary N) is 1. The summed E-state index contributed by atoms with van der Waals surface area (Å²) in [5.74, 6) is 1.74. The van der Waals surface area contributed by atoms with Gasteiger partial charge in [0, 0.05) is 6.54 Å². The molecule has 1 aliphatic rings. The van der Waals surface area contributed by atoms with Crippen molar-refractivity contribution in [2.75, 3.05) is 5.32 Å². The van der Waals surface area contributed by atoms with Gasteiger partial charge in [-0.05, 0) is 55.9 Å². The molecule has 0 aromatic heterocycles. The maximum Gasteiger partial charge on any atom is 0.142 e. The van der Waals surface area contributed by atoms with E-state index in [1.165, 1.54) is 24.0 Å². The molecular weight excluding hydrogens is 258 g/mol. The van der Waals surface area contributed by atoms with Crippen LogP contribution in [0.1, 0.15) is 43.7 Å². The van der Waals surface area contributed by atoms with Gasteiger partial charge in [0.25, 0.3) is 0 Å². The van der Waals surface area contributed by atoms with Crippen LogP contribution in [0.3, 0.4) is 0 Å². The van der Waals surface area contributed by atoms with Crippen LogP contribution in [0.5, 0.6) is 5.75 Å². The molecule has 110 valence electrons. The second-order valence-corrected chi connectivity index (χ2v) is 6.03. The summed E-state index contributed by atoms with van der Waals surface area (Å²) in [5, 5.41) is 3.47. The molecule has 1 aliphatic carbocycles. The van der Waals surface area contributed by atoms with Gasteiger partial charge in [-0.15, -0.1) is 0 Å². The van der Waals surface area contributed by atoms with E-state index in [2.05, 4.69) is 35.6 Å². The summed E-state index contributed by atoms with van der Waals surface area (Å²) in [6.07, 6.45) is 2.90. The molecule has 0 spiro atoms. The number of benzene rings is 2. The Morgan fingerprint density at radius 1 is 1.05 bits per heavy atom. The monoisotopic (exact) mass is 281 g/mol. The van der Waals surface area contributed by atoms with E-state index in [0.29, 0.717) is 0 Å². The zero-order chi connectivity index (χ0) is 14.7. The Bertz CT molecular complexity index is 585. The highest BCUT2D eigenvalue weighted by Gasteiger charge is 2.22. The lowest BCUT2D eigenvalue weighted by Crippen LogP contribution is -2.08. The molecule has 2 nitrogen and oxygen atoms in total. The molecule has 0 heterocycles. The molecule has 0 atom stereocenters. The van der Waals surface area contributed by atoms with E-state index in [4.69, 9.17) is 4.74 Å². The van der Waals surface area contributed by atoms with Gasteiger partial charge in [0.2, 0.25) is 0 Å². The second-order valence-electron chi connectivity index (χ2n) is 6.03. The van der Waals surface area contributed by atoms with Crippen LogP contribution in [0, 0.1) is 0 Å². The van der Waals surface area contributed by atoms with Gasteiger partial charge in [0.15, 0.2) is 0 Å². The van der Waals surface area contributed by atoms with Crippen molar-refractivity contribution in [3.63, 3.8) is 0 Å². The van der Waals surface area contributed by atoms with Crippen LogP contribution in [-0.2, 0) is 6.54 Å². The van der Waals surface area contributed by atoms with Crippen molar-refractivity contribution in [1.82, 2.24) is 0 Å². The molecule has 0 saturated heterocycles. The number of anilines is 1. The van der Waals surface area contributed by atoms with Gasteiger partial charge >= 0.3 is 0 Å². The molecular formula is C19H23NO. The first-order valence-corrected chi connectivity index (χ1v) is 7.81. The summed E-state index contributed by atoms with van der Waals surface area (Å²) in [6.45, 7) is 4.92. The number of ether oxygens (including phenoxy) is 1. The number of hydrogen-bond donors (Lipinski definition) is 1. The van der Waals surface area contributed by atoms with E-state index in [1.807, 2.05) is 32.0 Å². The van der Waals surface area contributed by atoms with Crippen molar-refractivity contribution in [3.05, 3.63) is 59.7 Å². The van der Waals surface area contributed by atoms with Crippen LogP contribution in [0.15, 0.2) is 48.5 Å². The maximum absolute atomic E-state index is 5.83. The van der Waals surface area contributed by atoms with Crippen molar-refractivity contribution in [2.24, 2.45) is 0 Å². The summed E-state index contributed by atoms with van der Waals surface area (Å²) in [6, 6.07) is 17.1. The lowest BCUT2D eigenvalue weighted by Gasteiger charge is -2.15. The van der Waals surface area contributed by atoms with Gasteiger partial charge in [-0.1, -0.05) is 36.4 Å². The van der Waals surface area contributed by atoms with Crippen LogP contribution in [0.2, 0.25) is 0 Å². The molecule has 3 rings (SSSR count). The second kappa shape index (κ2) is 6.21. The minimum Gasteiger partial charge on any atom is -0.489 e. The van der Waals surface area contributed by atoms with Gasteiger partial charge < -0.3 is 10.1 Å². The molecule has 0 aliphatic heterocycles. The minimum atomic E-state index is 0.186. The van der Waals surface area contributed by atoms with E-state index in [1.54, 1.807) is 0 Å². The van der Waals surface area contributed by atoms with E-state index >= 15 is 0 Å². The molecule has 1 fully saturated rings. The summed E-state index contributed by atoms with van der Waals surface area (Å²) in [7, 11) is 0. The van der Waals surface area contributed by atoms with Crippen LogP contribution in [0.25, 0.3) is 0 Å². The van der Waals surface area contributed by atoms with Gasteiger partial charge in [-0.2, -0.15) is 0 Å². The zero-order valence-corrected chi connectivity index (χ0v) is 12.8. The third-order valence-electron chi connectivity index (χ3n) is 3.76. The highest BCUT2D eigenvalue weighted by atomic mass is 16.5. The van der Waals surface area contributed by atoms with Crippen LogP contribution in [-0.4, -0.2) is 6.10 Å². The Morgan fingerprint density at radius 3 is 2.43 bits per heavy atom. The van der Waals surface area contributed by atoms with Crippen molar-refractivity contribution in [1.29, 1.82) is 0 Å². The van der Waals surface area contributed by atoms with Gasteiger partial charge in [0.1, 0.15) is 5.75 Å². The SMILES string of the molecule is CC(C)Oc1ccccc1NCc1ccc(C2CC2)cc1. The quantitative estimate of drug-likeness (QED) is 0.807. The lowest BCUT2D eigenvalue weighted by atomic mass is 10.1. The highest BCUT2D eigenvalue weighted by Crippen LogP contribution is 2.39. The Morgan fingerprint density at radius 2 is 1.76 bits per heavy atom. The third-order valence-corrected chi connectivity index (χ3v) is 3.76. The zero-order valence-electron chi connectivity index (χ0n) is 12.8. The molecule has 2 heteroatoms. The summed E-state index contributed by atoms with van der Waals surface area (Å²) < 4.78 is 5.83. The topological polar surface area (TPSA) is 21.3 Å². The normalized spacial score (nSPS) is 14.2. The van der Waals surface area contributed by atoms with E-state index in [0.717, 1.165) is 23.9 Å². The van der Waals surface area contributed by atoms with Gasteiger partial charge in [-0.3, -0.25) is 0 Å². The average Bonchev–Trinajstić information content (AvgIpc) is 3.31. The average molecular weight is 281 g/mol. The number of rotatable bonds is 6. The Labute approximate surface area is 127 Å². The molecule has 1 saturated carbocycles. The first-order chi connectivity index (χ1) is 10.2. The standard InChI is InChI=1S/C19H23NO/c1-14(2)21-19-6-4-3-5-18(19)20-13-15-7-9-16(10-8-15)17-11-12-17/h3-10,14,17,20H,11-13H2,1-2H3. The van der Waals surface area contributed by atoms with Crippen LogP contribution in [0.4, 0.5) is 5.69 Å². The fourth-order valence-electron chi connectivity index (χ4n) is 2.49. The molecule has 2 aromatic carbocycles. The number of para-hydroxylation sites is 2. The summed E-state index contributed by atoms with van der Waals surface area (Å²) >= 11 is 0. The molecule has 0 radical (unpaired) electrons. The van der Waals surface area contributed by atoms with Crippen LogP contribution < -0.4 is 10.1 Å². The van der Waals surface area contributed by atoms with Gasteiger partial charge in [-0.25, -0.2) is 0 Å². The summed E-state index contributed by atoms with van der Waals surface area (Å²) in [4.78, 5) is 0. The fourth-order valence-corrected chi connectivity index (χ4v) is 2.49. The highest BCUT2D eigenvalue weighted by molar-refractivity contribution is 5.56. The van der Waals surface area contributed by atoms with Crippen LogP contribution >= 0.6 is 0 Å². The molecule has 1 N–H and O–H groups in total. The van der Waals surface area contributed by atoms with Crippen molar-refractivity contribution < 1.29 is 4.74 Å². The Hall–Kier alpha value is -1.96. The largest absolute Gasteiger partial charge is 0.489 e. The Kier molecular flexibility index (Phi) is 4.14. The number of hydrogen-bond acceptors (Lipinski definition) is 2. The lowest BCUT2D eigenvalue weighted by molar-refractivity contribution is 0.243. The smallest absolute Gasteiger partial charge is 0.142 e. The van der Waals surface area contributed by atoms with Crippen molar-refractivity contribution >= 4 is 5.69 Å². The molecule has 2 aromatic rings. The van der Waals surface area contributed by atoms with Crippen molar-refractivity contribution in [3.8, 4) is 5.75 Å². The molecule has 0 unspecified atom stereocenters. The maximum atomic E-state index is 5.83. The first kappa shape index (κ1) is 14.0. The van der Waals surface area contributed by atoms with E-state index in [9.17, 15) is 0 Å². The Balaban J connectivity index is 1.64.